The molecular formula is C19H22ClF3N4. The molecule has 0 aliphatic carbocycles. The number of hydrogen-bond donors (Lipinski definition) is 0. The topological polar surface area (TPSA) is 43.6 Å². The van der Waals surface area contributed by atoms with Gasteiger partial charge in [-0.3, -0.25) is 14.6 Å². The lowest BCUT2D eigenvalue weighted by Gasteiger charge is -2.07. The van der Waals surface area contributed by atoms with E-state index in [0.717, 1.165) is 28.5 Å². The Morgan fingerprint density at radius 2 is 1.48 bits per heavy atom. The molecule has 0 saturated carbocycles. The Morgan fingerprint density at radius 3 is 1.74 bits per heavy atom. The third-order valence-corrected chi connectivity index (χ3v) is 3.94. The number of nitrogens with zero attached hydrogens (tertiary/aromatic N) is 4. The molecule has 3 rings (SSSR count). The van der Waals surface area contributed by atoms with E-state index in [0.29, 0.717) is 0 Å². The van der Waals surface area contributed by atoms with Crippen LogP contribution in [0.3, 0.4) is 0 Å². The van der Waals surface area contributed by atoms with Crippen molar-refractivity contribution in [2.75, 3.05) is 0 Å². The zero-order valence-corrected chi connectivity index (χ0v) is 16.6. The van der Waals surface area contributed by atoms with Gasteiger partial charge in [-0.2, -0.15) is 18.3 Å². The number of aryl methyl sites for hydroxylation is 5. The molecule has 0 atom stereocenters. The SMILES string of the molecule is Cc1cc(C)n(C)n1.Cc1cnccc1C(F)(F)F.Cc1cnccc1Cl. The summed E-state index contributed by atoms with van der Waals surface area (Å²) in [5, 5.41) is 4.91. The van der Waals surface area contributed by atoms with Crippen molar-refractivity contribution in [3.05, 3.63) is 76.1 Å². The van der Waals surface area contributed by atoms with Gasteiger partial charge in [0.25, 0.3) is 0 Å². The van der Waals surface area contributed by atoms with Gasteiger partial charge in [-0.05, 0) is 57.0 Å². The van der Waals surface area contributed by atoms with Crippen molar-refractivity contribution in [1.82, 2.24) is 19.7 Å². The van der Waals surface area contributed by atoms with Crippen LogP contribution in [-0.4, -0.2) is 19.7 Å². The van der Waals surface area contributed by atoms with Crippen molar-refractivity contribution in [1.29, 1.82) is 0 Å². The van der Waals surface area contributed by atoms with Crippen LogP contribution in [0.25, 0.3) is 0 Å². The lowest BCUT2D eigenvalue weighted by Crippen LogP contribution is -2.07. The van der Waals surface area contributed by atoms with E-state index in [4.69, 9.17) is 11.6 Å². The Labute approximate surface area is 162 Å². The third kappa shape index (κ3) is 7.78. The van der Waals surface area contributed by atoms with Crippen LogP contribution in [0.15, 0.2) is 43.0 Å². The highest BCUT2D eigenvalue weighted by atomic mass is 35.5. The molecular weight excluding hydrogens is 377 g/mol. The number of hydrogen-bond acceptors (Lipinski definition) is 3. The normalized spacial score (nSPS) is 10.4. The van der Waals surface area contributed by atoms with Crippen molar-refractivity contribution in [3.8, 4) is 0 Å². The smallest absolute Gasteiger partial charge is 0.273 e. The predicted octanol–water partition coefficient (Wildman–Crippen LogP) is 5.49. The van der Waals surface area contributed by atoms with E-state index in [2.05, 4.69) is 21.1 Å². The van der Waals surface area contributed by atoms with E-state index < -0.39 is 11.7 Å². The van der Waals surface area contributed by atoms with E-state index in [1.807, 2.05) is 32.5 Å². The van der Waals surface area contributed by atoms with Crippen molar-refractivity contribution >= 4 is 11.6 Å². The molecule has 4 nitrogen and oxygen atoms in total. The maximum Gasteiger partial charge on any atom is 0.416 e. The average molecular weight is 399 g/mol. The summed E-state index contributed by atoms with van der Waals surface area (Å²) in [6.45, 7) is 7.35. The molecule has 0 saturated heterocycles. The Morgan fingerprint density at radius 1 is 0.926 bits per heavy atom. The molecule has 0 spiro atoms. The van der Waals surface area contributed by atoms with Crippen LogP contribution in [0.4, 0.5) is 13.2 Å². The molecule has 0 aliphatic heterocycles. The summed E-state index contributed by atoms with van der Waals surface area (Å²) in [6, 6.07) is 4.80. The highest BCUT2D eigenvalue weighted by molar-refractivity contribution is 6.31. The minimum Gasteiger partial charge on any atom is -0.273 e. The standard InChI is InChI=1S/C7H6F3N.C6H6ClN.C6H10N2/c1-5-4-11-3-2-6(5)7(8,9)10;1-5-4-8-3-2-6(5)7;1-5-4-6(2)8(3)7-5/h2-4H,1H3;2-4H,1H3;4H,1-3H3. The molecule has 146 valence electrons. The van der Waals surface area contributed by atoms with E-state index in [1.54, 1.807) is 18.5 Å². The second kappa shape index (κ2) is 10.1. The largest absolute Gasteiger partial charge is 0.416 e. The number of alkyl halides is 3. The minimum atomic E-state index is -4.26. The summed E-state index contributed by atoms with van der Waals surface area (Å²) in [4.78, 5) is 7.42. The summed E-state index contributed by atoms with van der Waals surface area (Å²) in [6.07, 6.45) is 1.49. The summed E-state index contributed by atoms with van der Waals surface area (Å²) in [5.74, 6) is 0. The van der Waals surface area contributed by atoms with Crippen LogP contribution in [-0.2, 0) is 13.2 Å². The minimum absolute atomic E-state index is 0.153. The molecule has 0 unspecified atom stereocenters. The number of halogens is 4. The predicted molar refractivity (Wildman–Crippen MR) is 101 cm³/mol. The molecule has 0 radical (unpaired) electrons. The van der Waals surface area contributed by atoms with Crippen molar-refractivity contribution in [2.45, 2.75) is 33.9 Å². The van der Waals surface area contributed by atoms with Crippen molar-refractivity contribution in [2.24, 2.45) is 7.05 Å². The van der Waals surface area contributed by atoms with E-state index in [-0.39, 0.29) is 5.56 Å². The molecule has 0 aliphatic rings. The fourth-order valence-corrected chi connectivity index (χ4v) is 2.09. The number of pyridine rings is 2. The number of rotatable bonds is 0. The molecule has 3 aromatic heterocycles. The molecule has 0 bridgehead atoms. The zero-order chi connectivity index (χ0) is 20.6. The molecule has 3 heterocycles. The van der Waals surface area contributed by atoms with E-state index in [9.17, 15) is 13.2 Å². The Kier molecular flexibility index (Phi) is 8.43. The Hall–Kier alpha value is -2.41. The van der Waals surface area contributed by atoms with Crippen LogP contribution in [0.5, 0.6) is 0 Å². The van der Waals surface area contributed by atoms with Crippen LogP contribution in [0, 0.1) is 27.7 Å². The molecule has 0 fully saturated rings. The summed E-state index contributed by atoms with van der Waals surface area (Å²) in [7, 11) is 1.95. The van der Waals surface area contributed by atoms with Crippen LogP contribution in [0.2, 0.25) is 5.02 Å². The van der Waals surface area contributed by atoms with Gasteiger partial charge < -0.3 is 0 Å². The number of aromatic nitrogens is 4. The van der Waals surface area contributed by atoms with Crippen molar-refractivity contribution in [3.63, 3.8) is 0 Å². The molecule has 27 heavy (non-hydrogen) atoms. The lowest BCUT2D eigenvalue weighted by molar-refractivity contribution is -0.138. The molecule has 0 aromatic carbocycles. The monoisotopic (exact) mass is 398 g/mol. The van der Waals surface area contributed by atoms with Crippen LogP contribution >= 0.6 is 11.6 Å². The summed E-state index contributed by atoms with van der Waals surface area (Å²) < 4.78 is 37.9. The quantitative estimate of drug-likeness (QED) is 0.503. The highest BCUT2D eigenvalue weighted by Gasteiger charge is 2.31. The first-order chi connectivity index (χ1) is 12.5. The first-order valence-electron chi connectivity index (χ1n) is 8.03. The fraction of sp³-hybridized carbons (Fsp3) is 0.316. The fourth-order valence-electron chi connectivity index (χ4n) is 1.99. The van der Waals surface area contributed by atoms with Crippen LogP contribution < -0.4 is 0 Å². The average Bonchev–Trinajstić information content (AvgIpc) is 2.87. The first kappa shape index (κ1) is 22.6. The van der Waals surface area contributed by atoms with Gasteiger partial charge in [0.1, 0.15) is 0 Å². The third-order valence-electron chi connectivity index (χ3n) is 3.51. The van der Waals surface area contributed by atoms with Gasteiger partial charge in [0.2, 0.25) is 0 Å². The van der Waals surface area contributed by atoms with E-state index >= 15 is 0 Å². The van der Waals surface area contributed by atoms with Gasteiger partial charge in [-0.15, -0.1) is 0 Å². The lowest BCUT2D eigenvalue weighted by atomic mass is 10.1. The second-order valence-electron chi connectivity index (χ2n) is 5.86. The Bertz CT molecular complexity index is 820. The molecule has 3 aromatic rings. The van der Waals surface area contributed by atoms with Gasteiger partial charge in [-0.25, -0.2) is 0 Å². The van der Waals surface area contributed by atoms with E-state index in [1.165, 1.54) is 18.8 Å². The van der Waals surface area contributed by atoms with Crippen molar-refractivity contribution < 1.29 is 13.2 Å². The maximum atomic E-state index is 12.0. The summed E-state index contributed by atoms with van der Waals surface area (Å²) >= 11 is 5.67. The second-order valence-corrected chi connectivity index (χ2v) is 6.27. The van der Waals surface area contributed by atoms with Gasteiger partial charge in [0.15, 0.2) is 0 Å². The highest BCUT2D eigenvalue weighted by Crippen LogP contribution is 2.30. The molecule has 8 heteroatoms. The summed E-state index contributed by atoms with van der Waals surface area (Å²) in [5.41, 5.74) is 2.86. The van der Waals surface area contributed by atoms with Gasteiger partial charge in [0, 0.05) is 42.6 Å². The Balaban J connectivity index is 0.000000206. The molecule has 0 amide bonds. The van der Waals surface area contributed by atoms with Gasteiger partial charge in [0.05, 0.1) is 11.3 Å². The molecule has 0 N–H and O–H groups in total. The first-order valence-corrected chi connectivity index (χ1v) is 8.41. The van der Waals surface area contributed by atoms with Crippen LogP contribution in [0.1, 0.15) is 28.1 Å². The van der Waals surface area contributed by atoms with Gasteiger partial charge >= 0.3 is 6.18 Å². The van der Waals surface area contributed by atoms with Gasteiger partial charge in [-0.1, -0.05) is 11.6 Å². The maximum absolute atomic E-state index is 12.0. The zero-order valence-electron chi connectivity index (χ0n) is 15.8.